The molecule has 1 aromatic heterocycles. The van der Waals surface area contributed by atoms with Crippen molar-refractivity contribution in [1.29, 1.82) is 0 Å². The van der Waals surface area contributed by atoms with E-state index in [4.69, 9.17) is 4.74 Å². The van der Waals surface area contributed by atoms with Crippen molar-refractivity contribution in [2.24, 2.45) is 0 Å². The van der Waals surface area contributed by atoms with Crippen molar-refractivity contribution in [3.05, 3.63) is 59.7 Å². The molecule has 0 fully saturated rings. The van der Waals surface area contributed by atoms with Gasteiger partial charge >= 0.3 is 0 Å². The molecule has 0 aliphatic carbocycles. The molecule has 0 radical (unpaired) electrons. The van der Waals surface area contributed by atoms with Crippen LogP contribution in [0.2, 0.25) is 0 Å². The number of fused-ring (bicyclic) bond motifs is 1. The Balaban J connectivity index is 1.58. The minimum absolute atomic E-state index is 0.218. The van der Waals surface area contributed by atoms with Gasteiger partial charge in [-0.3, -0.25) is 0 Å². The molecule has 0 saturated heterocycles. The summed E-state index contributed by atoms with van der Waals surface area (Å²) >= 11 is 1.19. The lowest BCUT2D eigenvalue weighted by atomic mass is 10.1. The molecule has 116 valence electrons. The predicted molar refractivity (Wildman–Crippen MR) is 83.6 cm³/mol. The van der Waals surface area contributed by atoms with Gasteiger partial charge in [0, 0.05) is 29.2 Å². The van der Waals surface area contributed by atoms with Crippen LogP contribution >= 0.6 is 11.5 Å². The molecule has 0 amide bonds. The molecule has 1 aliphatic heterocycles. The lowest BCUT2D eigenvalue weighted by Crippen LogP contribution is -2.12. The number of rotatable bonds is 3. The minimum Gasteiger partial charge on any atom is -0.490 e. The van der Waals surface area contributed by atoms with E-state index in [-0.39, 0.29) is 12.4 Å². The largest absolute Gasteiger partial charge is 0.490 e. The molecule has 1 unspecified atom stereocenters. The van der Waals surface area contributed by atoms with Crippen LogP contribution in [0.1, 0.15) is 11.6 Å². The van der Waals surface area contributed by atoms with Crippen LogP contribution in [-0.4, -0.2) is 16.0 Å². The Labute approximate surface area is 134 Å². The van der Waals surface area contributed by atoms with Gasteiger partial charge < -0.3 is 10.1 Å². The van der Waals surface area contributed by atoms with Gasteiger partial charge in [-0.2, -0.15) is 9.36 Å². The second-order valence-corrected chi connectivity index (χ2v) is 5.85. The third kappa shape index (κ3) is 2.63. The fourth-order valence-electron chi connectivity index (χ4n) is 2.52. The zero-order valence-electron chi connectivity index (χ0n) is 11.8. The molecule has 2 aromatic carbocycles. The van der Waals surface area contributed by atoms with E-state index in [0.717, 1.165) is 11.6 Å². The zero-order chi connectivity index (χ0) is 15.8. The average Bonchev–Trinajstić information content (AvgIpc) is 3.16. The molecule has 1 atom stereocenters. The fourth-order valence-corrected chi connectivity index (χ4v) is 3.17. The Hall–Kier alpha value is -2.54. The van der Waals surface area contributed by atoms with E-state index in [0.29, 0.717) is 16.5 Å². The van der Waals surface area contributed by atoms with Gasteiger partial charge in [0.05, 0.1) is 11.6 Å². The number of aromatic nitrogens is 2. The summed E-state index contributed by atoms with van der Waals surface area (Å²) in [6.07, 6.45) is 0. The van der Waals surface area contributed by atoms with Crippen molar-refractivity contribution in [3.8, 4) is 17.1 Å². The molecule has 4 nitrogen and oxygen atoms in total. The molecule has 1 N–H and O–H groups in total. The maximum absolute atomic E-state index is 14.0. The highest BCUT2D eigenvalue weighted by Crippen LogP contribution is 2.37. The number of halogens is 2. The lowest BCUT2D eigenvalue weighted by Gasteiger charge is -2.10. The third-order valence-corrected chi connectivity index (χ3v) is 4.21. The van der Waals surface area contributed by atoms with Gasteiger partial charge in [-0.1, -0.05) is 30.3 Å². The Bertz CT molecular complexity index is 854. The predicted octanol–water partition coefficient (Wildman–Crippen LogP) is 4.03. The summed E-state index contributed by atoms with van der Waals surface area (Å²) in [6, 6.07) is 11.2. The number of hydrogen-bond acceptors (Lipinski definition) is 5. The number of hydrogen-bond donors (Lipinski definition) is 1. The Morgan fingerprint density at radius 2 is 2.00 bits per heavy atom. The lowest BCUT2D eigenvalue weighted by molar-refractivity contribution is 0.338. The average molecular weight is 331 g/mol. The summed E-state index contributed by atoms with van der Waals surface area (Å²) < 4.78 is 36.8. The summed E-state index contributed by atoms with van der Waals surface area (Å²) in [6.45, 7) is 0.218. The Morgan fingerprint density at radius 1 is 1.17 bits per heavy atom. The molecule has 0 spiro atoms. The normalized spacial score (nSPS) is 16.0. The van der Waals surface area contributed by atoms with E-state index in [1.807, 2.05) is 30.3 Å². The van der Waals surface area contributed by atoms with Crippen molar-refractivity contribution < 1.29 is 13.5 Å². The van der Waals surface area contributed by atoms with Gasteiger partial charge in [-0.25, -0.2) is 8.78 Å². The molecular weight excluding hydrogens is 320 g/mol. The van der Waals surface area contributed by atoms with E-state index in [9.17, 15) is 8.78 Å². The van der Waals surface area contributed by atoms with Crippen LogP contribution in [0.5, 0.6) is 5.75 Å². The molecule has 0 saturated carbocycles. The quantitative estimate of drug-likeness (QED) is 0.787. The van der Waals surface area contributed by atoms with E-state index >= 15 is 0 Å². The van der Waals surface area contributed by atoms with Gasteiger partial charge in [0.2, 0.25) is 5.13 Å². The van der Waals surface area contributed by atoms with Crippen LogP contribution < -0.4 is 10.1 Å². The summed E-state index contributed by atoms with van der Waals surface area (Å²) in [5, 5.41) is 3.67. The zero-order valence-corrected chi connectivity index (χ0v) is 12.6. The number of ether oxygens (including phenoxy) is 1. The van der Waals surface area contributed by atoms with Crippen molar-refractivity contribution >= 4 is 16.7 Å². The minimum atomic E-state index is -0.649. The summed E-state index contributed by atoms with van der Waals surface area (Å²) in [5.74, 6) is -0.434. The van der Waals surface area contributed by atoms with Crippen LogP contribution in [0.4, 0.5) is 13.9 Å². The van der Waals surface area contributed by atoms with Gasteiger partial charge in [0.1, 0.15) is 24.0 Å². The second-order valence-electron chi connectivity index (χ2n) is 5.10. The SMILES string of the molecule is Fc1cc(F)c2c(c1)OCC2Nc1nc(-c2ccccc2)ns1. The highest BCUT2D eigenvalue weighted by atomic mass is 32.1. The van der Waals surface area contributed by atoms with E-state index in [1.54, 1.807) is 0 Å². The maximum Gasteiger partial charge on any atom is 0.203 e. The molecular formula is C16H11F2N3OS. The van der Waals surface area contributed by atoms with E-state index < -0.39 is 17.7 Å². The highest BCUT2D eigenvalue weighted by Gasteiger charge is 2.29. The third-order valence-electron chi connectivity index (χ3n) is 3.57. The van der Waals surface area contributed by atoms with Gasteiger partial charge in [-0.15, -0.1) is 0 Å². The van der Waals surface area contributed by atoms with Crippen LogP contribution in [0, 0.1) is 11.6 Å². The topological polar surface area (TPSA) is 47.0 Å². The number of benzene rings is 2. The Kier molecular flexibility index (Phi) is 3.42. The second kappa shape index (κ2) is 5.58. The van der Waals surface area contributed by atoms with Crippen LogP contribution in [0.15, 0.2) is 42.5 Å². The maximum atomic E-state index is 14.0. The molecule has 4 rings (SSSR count). The van der Waals surface area contributed by atoms with Crippen molar-refractivity contribution in [1.82, 2.24) is 9.36 Å². The van der Waals surface area contributed by atoms with Gasteiger partial charge in [0.25, 0.3) is 0 Å². The monoisotopic (exact) mass is 331 g/mol. The standard InChI is InChI=1S/C16H11F2N3OS/c17-10-6-11(18)14-12(8-22-13(14)7-10)19-16-20-15(21-23-16)9-4-2-1-3-5-9/h1-7,12H,8H2,(H,19,20,21). The summed E-state index contributed by atoms with van der Waals surface area (Å²) in [4.78, 5) is 4.41. The van der Waals surface area contributed by atoms with Crippen LogP contribution in [0.3, 0.4) is 0 Å². The highest BCUT2D eigenvalue weighted by molar-refractivity contribution is 7.09. The van der Waals surface area contributed by atoms with E-state index in [2.05, 4.69) is 14.7 Å². The first kappa shape index (κ1) is 14.1. The first-order chi connectivity index (χ1) is 11.2. The number of anilines is 1. The number of nitrogens with zero attached hydrogens (tertiary/aromatic N) is 2. The van der Waals surface area contributed by atoms with Crippen molar-refractivity contribution in [2.45, 2.75) is 6.04 Å². The van der Waals surface area contributed by atoms with Crippen molar-refractivity contribution in [2.75, 3.05) is 11.9 Å². The summed E-state index contributed by atoms with van der Waals surface area (Å²) in [7, 11) is 0. The molecule has 7 heteroatoms. The molecule has 2 heterocycles. The summed E-state index contributed by atoms with van der Waals surface area (Å²) in [5.41, 5.74) is 1.23. The number of nitrogens with one attached hydrogen (secondary N) is 1. The first-order valence-electron chi connectivity index (χ1n) is 6.98. The molecule has 23 heavy (non-hydrogen) atoms. The van der Waals surface area contributed by atoms with E-state index in [1.165, 1.54) is 17.6 Å². The van der Waals surface area contributed by atoms with Gasteiger partial charge in [0.15, 0.2) is 5.82 Å². The van der Waals surface area contributed by atoms with Crippen LogP contribution in [-0.2, 0) is 0 Å². The van der Waals surface area contributed by atoms with Crippen LogP contribution in [0.25, 0.3) is 11.4 Å². The molecule has 1 aliphatic rings. The fraction of sp³-hybridized carbons (Fsp3) is 0.125. The first-order valence-corrected chi connectivity index (χ1v) is 7.75. The molecule has 3 aromatic rings. The van der Waals surface area contributed by atoms with Crippen molar-refractivity contribution in [3.63, 3.8) is 0 Å². The molecule has 0 bridgehead atoms. The Morgan fingerprint density at radius 3 is 2.83 bits per heavy atom. The van der Waals surface area contributed by atoms with Gasteiger partial charge in [-0.05, 0) is 0 Å². The smallest absolute Gasteiger partial charge is 0.203 e.